The number of nitrogens with one attached hydrogen (secondary N) is 1. The Labute approximate surface area is 156 Å². The fraction of sp³-hybridized carbons (Fsp3) is 0.111. The summed E-state index contributed by atoms with van der Waals surface area (Å²) in [7, 11) is 1.61. The number of hydrogen-bond donors (Lipinski definition) is 1. The lowest BCUT2D eigenvalue weighted by Gasteiger charge is -2.03. The molecule has 128 valence electrons. The summed E-state index contributed by atoms with van der Waals surface area (Å²) >= 11 is 4.52. The Balaban J connectivity index is 1.83. The smallest absolute Gasteiger partial charge is 0.260 e. The van der Waals surface area contributed by atoms with E-state index in [9.17, 15) is 9.18 Å². The van der Waals surface area contributed by atoms with E-state index in [0.29, 0.717) is 9.60 Å². The summed E-state index contributed by atoms with van der Waals surface area (Å²) in [5.41, 5.74) is 1.67. The second-order valence-corrected chi connectivity index (χ2v) is 7.35. The van der Waals surface area contributed by atoms with Gasteiger partial charge in [-0.05, 0) is 49.4 Å². The van der Waals surface area contributed by atoms with Crippen molar-refractivity contribution in [2.24, 2.45) is 0 Å². The first-order chi connectivity index (χ1) is 12.0. The number of aromatic nitrogens is 1. The van der Waals surface area contributed by atoms with Crippen LogP contribution in [0, 0.1) is 12.7 Å². The molecule has 0 spiro atoms. The van der Waals surface area contributed by atoms with Crippen molar-refractivity contribution in [1.82, 2.24) is 4.98 Å². The molecule has 3 aromatic rings. The maximum atomic E-state index is 13.9. The summed E-state index contributed by atoms with van der Waals surface area (Å²) in [6.45, 7) is 1.92. The number of hydrogen-bond acceptors (Lipinski definition) is 4. The van der Waals surface area contributed by atoms with E-state index in [1.54, 1.807) is 13.2 Å². The normalized spacial score (nSPS) is 10.6. The van der Waals surface area contributed by atoms with Gasteiger partial charge in [-0.1, -0.05) is 15.9 Å². The maximum Gasteiger partial charge on any atom is 0.260 e. The molecule has 0 atom stereocenters. The zero-order chi connectivity index (χ0) is 18.0. The molecule has 1 amide bonds. The highest BCUT2D eigenvalue weighted by atomic mass is 79.9. The molecule has 1 heterocycles. The lowest BCUT2D eigenvalue weighted by Crippen LogP contribution is -2.13. The SMILES string of the molecule is COc1ccc(-c2nc(NC(=O)c3ccc(Br)cc3F)sc2C)cc1. The van der Waals surface area contributed by atoms with Gasteiger partial charge in [0, 0.05) is 14.9 Å². The van der Waals surface area contributed by atoms with Gasteiger partial charge in [0.15, 0.2) is 5.13 Å². The second kappa shape index (κ2) is 7.33. The molecule has 0 aliphatic carbocycles. The zero-order valence-electron chi connectivity index (χ0n) is 13.5. The Kier molecular flexibility index (Phi) is 5.15. The predicted molar refractivity (Wildman–Crippen MR) is 101 cm³/mol. The van der Waals surface area contributed by atoms with Gasteiger partial charge in [0.05, 0.1) is 18.4 Å². The number of nitrogens with zero attached hydrogens (tertiary/aromatic N) is 1. The highest BCUT2D eigenvalue weighted by molar-refractivity contribution is 9.10. The molecule has 0 aliphatic rings. The summed E-state index contributed by atoms with van der Waals surface area (Å²) in [5.74, 6) is -0.355. The number of amides is 1. The van der Waals surface area contributed by atoms with Crippen molar-refractivity contribution in [3.05, 3.63) is 63.2 Å². The molecule has 0 fully saturated rings. The minimum Gasteiger partial charge on any atom is -0.497 e. The molecular formula is C18H14BrFN2O2S. The van der Waals surface area contributed by atoms with Crippen LogP contribution in [-0.2, 0) is 0 Å². The van der Waals surface area contributed by atoms with Gasteiger partial charge in [-0.3, -0.25) is 10.1 Å². The molecule has 2 aromatic carbocycles. The molecule has 0 saturated heterocycles. The first-order valence-corrected chi connectivity index (χ1v) is 8.97. The standard InChI is InChI=1S/C18H14BrFN2O2S/c1-10-16(11-3-6-13(24-2)7-4-11)21-18(25-10)22-17(23)14-8-5-12(19)9-15(14)20/h3-9H,1-2H3,(H,21,22,23). The van der Waals surface area contributed by atoms with Gasteiger partial charge in [0.2, 0.25) is 0 Å². The van der Waals surface area contributed by atoms with Crippen LogP contribution >= 0.6 is 27.3 Å². The molecule has 0 radical (unpaired) electrons. The van der Waals surface area contributed by atoms with Crippen molar-refractivity contribution in [2.75, 3.05) is 12.4 Å². The van der Waals surface area contributed by atoms with Gasteiger partial charge < -0.3 is 4.74 Å². The third kappa shape index (κ3) is 3.88. The number of thiazole rings is 1. The number of benzene rings is 2. The summed E-state index contributed by atoms with van der Waals surface area (Å²) in [5, 5.41) is 3.09. The fourth-order valence-corrected chi connectivity index (χ4v) is 3.47. The minimum atomic E-state index is -0.587. The first kappa shape index (κ1) is 17.6. The lowest BCUT2D eigenvalue weighted by atomic mass is 10.1. The Hall–Kier alpha value is -2.25. The summed E-state index contributed by atoms with van der Waals surface area (Å²) in [4.78, 5) is 17.7. The summed E-state index contributed by atoms with van der Waals surface area (Å²) < 4.78 is 19.6. The highest BCUT2D eigenvalue weighted by Crippen LogP contribution is 2.31. The first-order valence-electron chi connectivity index (χ1n) is 7.36. The number of carbonyl (C=O) groups is 1. The van der Waals surface area contributed by atoms with Gasteiger partial charge in [-0.2, -0.15) is 0 Å². The van der Waals surface area contributed by atoms with Crippen molar-refractivity contribution in [3.8, 4) is 17.0 Å². The number of anilines is 1. The van der Waals surface area contributed by atoms with Crippen molar-refractivity contribution in [2.45, 2.75) is 6.92 Å². The maximum absolute atomic E-state index is 13.9. The van der Waals surface area contributed by atoms with Crippen molar-refractivity contribution < 1.29 is 13.9 Å². The van der Waals surface area contributed by atoms with Crippen molar-refractivity contribution in [1.29, 1.82) is 0 Å². The number of ether oxygens (including phenoxy) is 1. The molecule has 1 aromatic heterocycles. The third-order valence-corrected chi connectivity index (χ3v) is 4.94. The van der Waals surface area contributed by atoms with Crippen LogP contribution in [0.25, 0.3) is 11.3 Å². The van der Waals surface area contributed by atoms with E-state index < -0.39 is 11.7 Å². The van der Waals surface area contributed by atoms with Crippen molar-refractivity contribution in [3.63, 3.8) is 0 Å². The summed E-state index contributed by atoms with van der Waals surface area (Å²) in [6, 6.07) is 11.8. The highest BCUT2D eigenvalue weighted by Gasteiger charge is 2.16. The lowest BCUT2D eigenvalue weighted by molar-refractivity contribution is 0.102. The number of methoxy groups -OCH3 is 1. The van der Waals surface area contributed by atoms with E-state index in [0.717, 1.165) is 21.9 Å². The molecule has 3 rings (SSSR count). The van der Waals surface area contributed by atoms with E-state index >= 15 is 0 Å². The van der Waals surface area contributed by atoms with Crippen LogP contribution in [0.3, 0.4) is 0 Å². The Bertz CT molecular complexity index is 925. The molecule has 4 nitrogen and oxygen atoms in total. The van der Waals surface area contributed by atoms with Crippen LogP contribution < -0.4 is 10.1 Å². The topological polar surface area (TPSA) is 51.2 Å². The van der Waals surface area contributed by atoms with Crippen LogP contribution in [-0.4, -0.2) is 18.0 Å². The molecule has 0 unspecified atom stereocenters. The van der Waals surface area contributed by atoms with Gasteiger partial charge in [0.25, 0.3) is 5.91 Å². The van der Waals surface area contributed by atoms with Gasteiger partial charge >= 0.3 is 0 Å². The molecule has 0 saturated carbocycles. The number of aryl methyl sites for hydroxylation is 1. The van der Waals surface area contributed by atoms with Gasteiger partial charge in [-0.15, -0.1) is 11.3 Å². The zero-order valence-corrected chi connectivity index (χ0v) is 15.9. The van der Waals surface area contributed by atoms with E-state index in [1.807, 2.05) is 31.2 Å². The Morgan fingerprint density at radius 1 is 1.24 bits per heavy atom. The number of halogens is 2. The molecule has 7 heteroatoms. The van der Waals surface area contributed by atoms with Crippen LogP contribution in [0.1, 0.15) is 15.2 Å². The van der Waals surface area contributed by atoms with E-state index in [4.69, 9.17) is 4.74 Å². The average Bonchev–Trinajstić information content (AvgIpc) is 2.95. The van der Waals surface area contributed by atoms with Crippen LogP contribution in [0.15, 0.2) is 46.9 Å². The minimum absolute atomic E-state index is 0.0259. The fourth-order valence-electron chi connectivity index (χ4n) is 2.30. The molecular weight excluding hydrogens is 407 g/mol. The molecule has 0 bridgehead atoms. The average molecular weight is 421 g/mol. The van der Waals surface area contributed by atoms with Crippen molar-refractivity contribution >= 4 is 38.3 Å². The van der Waals surface area contributed by atoms with Gasteiger partial charge in [0.1, 0.15) is 11.6 Å². The number of carbonyl (C=O) groups excluding carboxylic acids is 1. The predicted octanol–water partition coefficient (Wildman–Crippen LogP) is 5.28. The Morgan fingerprint density at radius 2 is 1.96 bits per heavy atom. The van der Waals surface area contributed by atoms with Crippen LogP contribution in [0.4, 0.5) is 9.52 Å². The van der Waals surface area contributed by atoms with E-state index in [-0.39, 0.29) is 5.56 Å². The summed E-state index contributed by atoms with van der Waals surface area (Å²) in [6.07, 6.45) is 0. The second-order valence-electron chi connectivity index (χ2n) is 5.23. The van der Waals surface area contributed by atoms with Crippen LogP contribution in [0.5, 0.6) is 5.75 Å². The third-order valence-electron chi connectivity index (χ3n) is 3.56. The quantitative estimate of drug-likeness (QED) is 0.624. The largest absolute Gasteiger partial charge is 0.497 e. The van der Waals surface area contributed by atoms with Gasteiger partial charge in [-0.25, -0.2) is 9.37 Å². The van der Waals surface area contributed by atoms with E-state index in [2.05, 4.69) is 26.2 Å². The molecule has 0 aliphatic heterocycles. The monoisotopic (exact) mass is 420 g/mol. The van der Waals surface area contributed by atoms with E-state index in [1.165, 1.54) is 23.5 Å². The van der Waals surface area contributed by atoms with Crippen LogP contribution in [0.2, 0.25) is 0 Å². The molecule has 25 heavy (non-hydrogen) atoms. The number of rotatable bonds is 4. The molecule has 1 N–H and O–H groups in total. The Morgan fingerprint density at radius 3 is 2.60 bits per heavy atom.